The largest absolute Gasteiger partial charge is 0.354 e. The molecule has 0 fully saturated rings. The first-order valence-corrected chi connectivity index (χ1v) is 12.3. The second-order valence-corrected chi connectivity index (χ2v) is 9.10. The molecule has 0 bridgehead atoms. The van der Waals surface area contributed by atoms with E-state index in [0.717, 1.165) is 40.7 Å². The lowest BCUT2D eigenvalue weighted by atomic mass is 9.99. The van der Waals surface area contributed by atoms with Gasteiger partial charge in [-0.1, -0.05) is 79.6 Å². The summed E-state index contributed by atoms with van der Waals surface area (Å²) in [5.41, 5.74) is 4.83. The van der Waals surface area contributed by atoms with E-state index in [2.05, 4.69) is 12.2 Å². The maximum Gasteiger partial charge on any atom is 0.243 e. The van der Waals surface area contributed by atoms with Gasteiger partial charge in [0.05, 0.1) is 6.42 Å². The minimum atomic E-state index is -0.683. The Labute approximate surface area is 208 Å². The van der Waals surface area contributed by atoms with Crippen LogP contribution >= 0.6 is 0 Å². The fourth-order valence-corrected chi connectivity index (χ4v) is 4.10. The van der Waals surface area contributed by atoms with Crippen LogP contribution < -0.4 is 5.32 Å². The van der Waals surface area contributed by atoms with E-state index >= 15 is 0 Å². The lowest BCUT2D eigenvalue weighted by Gasteiger charge is -2.32. The molecule has 0 saturated heterocycles. The summed E-state index contributed by atoms with van der Waals surface area (Å²) in [5, 5.41) is 3.03. The summed E-state index contributed by atoms with van der Waals surface area (Å²) in [7, 11) is 0. The monoisotopic (exact) mass is 474 g/mol. The van der Waals surface area contributed by atoms with Crippen molar-refractivity contribution in [2.45, 2.75) is 59.0 Å². The SMILES string of the molecule is CCCCNC(=O)[C@H](Cc1ccccc1)N(Cc1ccc(F)cc1)C(=O)Cc1cc(C)ccc1C. The fourth-order valence-electron chi connectivity index (χ4n) is 4.10. The molecule has 3 aromatic rings. The average Bonchev–Trinajstić information content (AvgIpc) is 2.85. The summed E-state index contributed by atoms with van der Waals surface area (Å²) in [6.45, 7) is 6.86. The van der Waals surface area contributed by atoms with E-state index in [1.807, 2.05) is 62.4 Å². The van der Waals surface area contributed by atoms with Crippen molar-refractivity contribution in [3.05, 3.63) is 106 Å². The number of benzene rings is 3. The molecule has 1 N–H and O–H groups in total. The van der Waals surface area contributed by atoms with Crippen molar-refractivity contribution < 1.29 is 14.0 Å². The van der Waals surface area contributed by atoms with Crippen LogP contribution in [-0.4, -0.2) is 29.3 Å². The number of hydrogen-bond acceptors (Lipinski definition) is 2. The maximum atomic E-state index is 13.8. The molecule has 0 saturated carbocycles. The second-order valence-electron chi connectivity index (χ2n) is 9.10. The number of hydrogen-bond donors (Lipinski definition) is 1. The normalized spacial score (nSPS) is 11.7. The number of aryl methyl sites for hydroxylation is 2. The molecular formula is C30H35FN2O2. The molecule has 0 spiro atoms. The summed E-state index contributed by atoms with van der Waals surface area (Å²) >= 11 is 0. The van der Waals surface area contributed by atoms with Crippen LogP contribution in [0.3, 0.4) is 0 Å². The van der Waals surface area contributed by atoms with Crippen LogP contribution in [-0.2, 0) is 29.0 Å². The first-order chi connectivity index (χ1) is 16.9. The molecule has 35 heavy (non-hydrogen) atoms. The first-order valence-electron chi connectivity index (χ1n) is 12.3. The van der Waals surface area contributed by atoms with Crippen molar-refractivity contribution in [3.63, 3.8) is 0 Å². The molecule has 0 radical (unpaired) electrons. The summed E-state index contributed by atoms with van der Waals surface area (Å²) in [4.78, 5) is 28.9. The molecule has 0 aliphatic heterocycles. The molecule has 0 aliphatic carbocycles. The van der Waals surface area contributed by atoms with Gasteiger partial charge in [-0.05, 0) is 54.7 Å². The Morgan fingerprint density at radius 2 is 1.66 bits per heavy atom. The van der Waals surface area contributed by atoms with Crippen LogP contribution in [0.1, 0.15) is 47.6 Å². The van der Waals surface area contributed by atoms with E-state index in [-0.39, 0.29) is 30.6 Å². The number of amides is 2. The zero-order valence-corrected chi connectivity index (χ0v) is 20.9. The highest BCUT2D eigenvalue weighted by Gasteiger charge is 2.30. The lowest BCUT2D eigenvalue weighted by molar-refractivity contribution is -0.140. The number of carbonyl (C=O) groups excluding carboxylic acids is 2. The Morgan fingerprint density at radius 3 is 2.34 bits per heavy atom. The van der Waals surface area contributed by atoms with Crippen molar-refractivity contribution in [1.29, 1.82) is 0 Å². The quantitative estimate of drug-likeness (QED) is 0.371. The number of unbranched alkanes of at least 4 members (excludes halogenated alkanes) is 1. The average molecular weight is 475 g/mol. The molecule has 0 heterocycles. The van der Waals surface area contributed by atoms with Crippen LogP contribution in [0.5, 0.6) is 0 Å². The predicted molar refractivity (Wildman–Crippen MR) is 138 cm³/mol. The van der Waals surface area contributed by atoms with E-state index < -0.39 is 6.04 Å². The topological polar surface area (TPSA) is 49.4 Å². The van der Waals surface area contributed by atoms with Crippen molar-refractivity contribution >= 4 is 11.8 Å². The van der Waals surface area contributed by atoms with E-state index in [1.54, 1.807) is 17.0 Å². The van der Waals surface area contributed by atoms with Gasteiger partial charge in [0, 0.05) is 19.5 Å². The van der Waals surface area contributed by atoms with Gasteiger partial charge in [0.2, 0.25) is 11.8 Å². The highest BCUT2D eigenvalue weighted by Crippen LogP contribution is 2.19. The van der Waals surface area contributed by atoms with Crippen LogP contribution in [0, 0.1) is 19.7 Å². The first kappa shape index (κ1) is 26.1. The Hall–Kier alpha value is -3.47. The summed E-state index contributed by atoms with van der Waals surface area (Å²) in [6.07, 6.45) is 2.44. The smallest absolute Gasteiger partial charge is 0.243 e. The van der Waals surface area contributed by atoms with Gasteiger partial charge in [-0.15, -0.1) is 0 Å². The third kappa shape index (κ3) is 7.78. The molecule has 5 heteroatoms. The number of carbonyl (C=O) groups is 2. The summed E-state index contributed by atoms with van der Waals surface area (Å²) in [5.74, 6) is -0.631. The molecule has 0 aliphatic rings. The number of nitrogens with zero attached hydrogens (tertiary/aromatic N) is 1. The molecule has 0 aromatic heterocycles. The van der Waals surface area contributed by atoms with E-state index in [9.17, 15) is 14.0 Å². The Morgan fingerprint density at radius 1 is 0.943 bits per heavy atom. The zero-order valence-electron chi connectivity index (χ0n) is 20.9. The minimum Gasteiger partial charge on any atom is -0.354 e. The number of nitrogens with one attached hydrogen (secondary N) is 1. The van der Waals surface area contributed by atoms with Crippen molar-refractivity contribution in [2.24, 2.45) is 0 Å². The van der Waals surface area contributed by atoms with Crippen LogP contribution in [0.25, 0.3) is 0 Å². The third-order valence-electron chi connectivity index (χ3n) is 6.21. The summed E-state index contributed by atoms with van der Waals surface area (Å²) < 4.78 is 13.6. The highest BCUT2D eigenvalue weighted by molar-refractivity contribution is 5.89. The molecule has 4 nitrogen and oxygen atoms in total. The standard InChI is InChI=1S/C30H35FN2O2/c1-4-5-17-32-30(35)28(19-24-9-7-6-8-10-24)33(21-25-13-15-27(31)16-14-25)29(34)20-26-18-22(2)11-12-23(26)3/h6-16,18,28H,4-5,17,19-21H2,1-3H3,(H,32,35)/t28-/m0/s1. The fraction of sp³-hybridized carbons (Fsp3) is 0.333. The van der Waals surface area contributed by atoms with Gasteiger partial charge in [-0.2, -0.15) is 0 Å². The Kier molecular flexibility index (Phi) is 9.59. The van der Waals surface area contributed by atoms with Crippen LogP contribution in [0.15, 0.2) is 72.8 Å². The highest BCUT2D eigenvalue weighted by atomic mass is 19.1. The molecule has 0 unspecified atom stereocenters. The predicted octanol–water partition coefficient (Wildman–Crippen LogP) is 5.54. The van der Waals surface area contributed by atoms with Gasteiger partial charge in [0.1, 0.15) is 11.9 Å². The Bertz CT molecular complexity index is 1110. The van der Waals surface area contributed by atoms with Gasteiger partial charge in [0.25, 0.3) is 0 Å². The number of halogens is 1. The minimum absolute atomic E-state index is 0.130. The van der Waals surface area contributed by atoms with Crippen LogP contribution in [0.4, 0.5) is 4.39 Å². The molecule has 3 rings (SSSR count). The van der Waals surface area contributed by atoms with Crippen molar-refractivity contribution in [3.8, 4) is 0 Å². The molecule has 3 aromatic carbocycles. The van der Waals surface area contributed by atoms with Gasteiger partial charge >= 0.3 is 0 Å². The Balaban J connectivity index is 1.96. The van der Waals surface area contributed by atoms with E-state index in [4.69, 9.17) is 0 Å². The van der Waals surface area contributed by atoms with E-state index in [1.165, 1.54) is 12.1 Å². The second kappa shape index (κ2) is 12.8. The zero-order chi connectivity index (χ0) is 25.2. The molecule has 1 atom stereocenters. The number of rotatable bonds is 11. The van der Waals surface area contributed by atoms with Gasteiger partial charge in [-0.25, -0.2) is 4.39 Å². The molecule has 2 amide bonds. The third-order valence-corrected chi connectivity index (χ3v) is 6.21. The molecule has 184 valence electrons. The van der Waals surface area contributed by atoms with Gasteiger partial charge in [0.15, 0.2) is 0 Å². The van der Waals surface area contributed by atoms with E-state index in [0.29, 0.717) is 13.0 Å². The maximum absolute atomic E-state index is 13.8. The van der Waals surface area contributed by atoms with Crippen molar-refractivity contribution in [1.82, 2.24) is 10.2 Å². The molecular weight excluding hydrogens is 439 g/mol. The summed E-state index contributed by atoms with van der Waals surface area (Å²) in [6, 6.07) is 21.2. The van der Waals surface area contributed by atoms with Crippen molar-refractivity contribution in [2.75, 3.05) is 6.54 Å². The van der Waals surface area contributed by atoms with Crippen LogP contribution in [0.2, 0.25) is 0 Å². The lowest BCUT2D eigenvalue weighted by Crippen LogP contribution is -2.51. The van der Waals surface area contributed by atoms with Gasteiger partial charge in [-0.3, -0.25) is 9.59 Å². The van der Waals surface area contributed by atoms with Gasteiger partial charge < -0.3 is 10.2 Å².